The van der Waals surface area contributed by atoms with Crippen LogP contribution in [0.3, 0.4) is 0 Å². The molecule has 0 aliphatic carbocycles. The normalized spacial score (nSPS) is 17.9. The molecule has 100 valence electrons. The first-order valence-corrected chi connectivity index (χ1v) is 6.93. The van der Waals surface area contributed by atoms with E-state index in [2.05, 4.69) is 11.8 Å². The van der Waals surface area contributed by atoms with Crippen LogP contribution in [0, 0.1) is 5.92 Å². The predicted molar refractivity (Wildman–Crippen MR) is 76.2 cm³/mol. The molecule has 1 saturated heterocycles. The van der Waals surface area contributed by atoms with E-state index < -0.39 is 0 Å². The van der Waals surface area contributed by atoms with E-state index in [1.165, 1.54) is 25.9 Å². The number of ether oxygens (including phenoxy) is 1. The van der Waals surface area contributed by atoms with Gasteiger partial charge in [0, 0.05) is 23.6 Å². The molecule has 1 atom stereocenters. The third-order valence-corrected chi connectivity index (χ3v) is 3.50. The highest BCUT2D eigenvalue weighted by atomic mass is 35.5. The molecule has 0 spiro atoms. The summed E-state index contributed by atoms with van der Waals surface area (Å²) in [6.45, 7) is 6.44. The number of hydrogen-bond donors (Lipinski definition) is 1. The maximum Gasteiger partial charge on any atom is 0.143 e. The third kappa shape index (κ3) is 3.79. The van der Waals surface area contributed by atoms with Crippen molar-refractivity contribution in [2.24, 2.45) is 5.92 Å². The molecule has 0 amide bonds. The number of halogens is 1. The Kier molecular flexibility index (Phi) is 4.72. The summed E-state index contributed by atoms with van der Waals surface area (Å²) < 4.78 is 5.75. The average Bonchev–Trinajstić information content (AvgIpc) is 2.83. The van der Waals surface area contributed by atoms with Gasteiger partial charge in [0.05, 0.1) is 12.3 Å². The second kappa shape index (κ2) is 6.30. The van der Waals surface area contributed by atoms with E-state index in [0.29, 0.717) is 29.0 Å². The van der Waals surface area contributed by atoms with Gasteiger partial charge in [-0.15, -0.1) is 0 Å². The van der Waals surface area contributed by atoms with E-state index in [9.17, 15) is 0 Å². The van der Waals surface area contributed by atoms with E-state index in [1.807, 2.05) is 0 Å². The molecule has 18 heavy (non-hydrogen) atoms. The van der Waals surface area contributed by atoms with Crippen molar-refractivity contribution in [3.63, 3.8) is 0 Å². The standard InChI is InChI=1S/C14H21ClN2O/c1-11(9-17-6-2-3-7-17)10-18-14-8-12(15)4-5-13(14)16/h4-5,8,11H,2-3,6-7,9-10,16H2,1H3. The lowest BCUT2D eigenvalue weighted by atomic mass is 10.2. The molecule has 4 heteroatoms. The van der Waals surface area contributed by atoms with E-state index in [4.69, 9.17) is 22.1 Å². The summed E-state index contributed by atoms with van der Waals surface area (Å²) in [5.74, 6) is 1.19. The Balaban J connectivity index is 1.81. The van der Waals surface area contributed by atoms with E-state index >= 15 is 0 Å². The molecule has 0 aromatic heterocycles. The Labute approximate surface area is 114 Å². The topological polar surface area (TPSA) is 38.5 Å². The summed E-state index contributed by atoms with van der Waals surface area (Å²) in [5.41, 5.74) is 6.49. The van der Waals surface area contributed by atoms with Gasteiger partial charge in [0.15, 0.2) is 0 Å². The third-order valence-electron chi connectivity index (χ3n) is 3.27. The molecule has 1 aromatic rings. The highest BCUT2D eigenvalue weighted by molar-refractivity contribution is 6.30. The van der Waals surface area contributed by atoms with Gasteiger partial charge in [-0.3, -0.25) is 0 Å². The molecule has 1 unspecified atom stereocenters. The lowest BCUT2D eigenvalue weighted by Crippen LogP contribution is -2.28. The van der Waals surface area contributed by atoms with Crippen LogP contribution in [0.2, 0.25) is 5.02 Å². The Bertz CT molecular complexity index is 391. The molecule has 1 aliphatic heterocycles. The van der Waals surface area contributed by atoms with Gasteiger partial charge < -0.3 is 15.4 Å². The van der Waals surface area contributed by atoms with Crippen molar-refractivity contribution < 1.29 is 4.74 Å². The van der Waals surface area contributed by atoms with Crippen LogP contribution < -0.4 is 10.5 Å². The highest BCUT2D eigenvalue weighted by Gasteiger charge is 2.15. The van der Waals surface area contributed by atoms with Crippen molar-refractivity contribution in [2.75, 3.05) is 32.0 Å². The second-order valence-electron chi connectivity index (χ2n) is 5.11. The lowest BCUT2D eigenvalue weighted by molar-refractivity contribution is 0.207. The summed E-state index contributed by atoms with van der Waals surface area (Å²) in [6, 6.07) is 5.33. The SMILES string of the molecule is CC(COc1cc(Cl)ccc1N)CN1CCCC1. The van der Waals surface area contributed by atoms with Crippen LogP contribution in [-0.2, 0) is 0 Å². The van der Waals surface area contributed by atoms with E-state index in [-0.39, 0.29) is 0 Å². The fourth-order valence-corrected chi connectivity index (χ4v) is 2.49. The number of rotatable bonds is 5. The minimum Gasteiger partial charge on any atom is -0.491 e. The van der Waals surface area contributed by atoms with Crippen molar-refractivity contribution in [3.8, 4) is 5.75 Å². The second-order valence-corrected chi connectivity index (χ2v) is 5.54. The number of hydrogen-bond acceptors (Lipinski definition) is 3. The Morgan fingerprint density at radius 3 is 2.83 bits per heavy atom. The molecule has 2 N–H and O–H groups in total. The first-order valence-electron chi connectivity index (χ1n) is 6.55. The average molecular weight is 269 g/mol. The molecule has 1 aromatic carbocycles. The zero-order valence-corrected chi connectivity index (χ0v) is 11.6. The summed E-state index contributed by atoms with van der Waals surface area (Å²) in [7, 11) is 0. The Morgan fingerprint density at radius 2 is 2.11 bits per heavy atom. The minimum absolute atomic E-state index is 0.501. The van der Waals surface area contributed by atoms with E-state index in [0.717, 1.165) is 6.54 Å². The van der Waals surface area contributed by atoms with Gasteiger partial charge in [-0.25, -0.2) is 0 Å². The summed E-state index contributed by atoms with van der Waals surface area (Å²) in [4.78, 5) is 2.50. The first kappa shape index (κ1) is 13.5. The molecule has 3 nitrogen and oxygen atoms in total. The van der Waals surface area contributed by atoms with Crippen molar-refractivity contribution in [1.82, 2.24) is 4.90 Å². The molecule has 1 heterocycles. The van der Waals surface area contributed by atoms with Crippen molar-refractivity contribution in [3.05, 3.63) is 23.2 Å². The lowest BCUT2D eigenvalue weighted by Gasteiger charge is -2.20. The smallest absolute Gasteiger partial charge is 0.143 e. The van der Waals surface area contributed by atoms with Crippen molar-refractivity contribution in [1.29, 1.82) is 0 Å². The number of nitrogens with two attached hydrogens (primary N) is 1. The van der Waals surface area contributed by atoms with Crippen LogP contribution in [0.15, 0.2) is 18.2 Å². The van der Waals surface area contributed by atoms with Crippen LogP contribution in [0.25, 0.3) is 0 Å². The van der Waals surface area contributed by atoms with Gasteiger partial charge in [-0.1, -0.05) is 18.5 Å². The predicted octanol–water partition coefficient (Wildman–Crippen LogP) is 3.03. The molecular formula is C14H21ClN2O. The number of benzene rings is 1. The van der Waals surface area contributed by atoms with Crippen LogP contribution in [0.1, 0.15) is 19.8 Å². The number of nitrogen functional groups attached to an aromatic ring is 1. The molecule has 0 saturated carbocycles. The zero-order chi connectivity index (χ0) is 13.0. The zero-order valence-electron chi connectivity index (χ0n) is 10.9. The fraction of sp³-hybridized carbons (Fsp3) is 0.571. The molecule has 0 radical (unpaired) electrons. The van der Waals surface area contributed by atoms with E-state index in [1.54, 1.807) is 18.2 Å². The molecule has 1 fully saturated rings. The van der Waals surface area contributed by atoms with Crippen LogP contribution in [0.4, 0.5) is 5.69 Å². The van der Waals surface area contributed by atoms with Gasteiger partial charge in [-0.2, -0.15) is 0 Å². The van der Waals surface area contributed by atoms with Gasteiger partial charge in [0.25, 0.3) is 0 Å². The monoisotopic (exact) mass is 268 g/mol. The summed E-state index contributed by atoms with van der Waals surface area (Å²) in [6.07, 6.45) is 2.66. The molecule has 2 rings (SSSR count). The maximum atomic E-state index is 5.93. The number of anilines is 1. The minimum atomic E-state index is 0.501. The van der Waals surface area contributed by atoms with Gasteiger partial charge in [0.2, 0.25) is 0 Å². The van der Waals surface area contributed by atoms with Gasteiger partial charge >= 0.3 is 0 Å². The summed E-state index contributed by atoms with van der Waals surface area (Å²) in [5, 5.41) is 0.659. The quantitative estimate of drug-likeness (QED) is 0.835. The first-order chi connectivity index (χ1) is 8.65. The Hall–Kier alpha value is -0.930. The number of nitrogens with zero attached hydrogens (tertiary/aromatic N) is 1. The van der Waals surface area contributed by atoms with Crippen LogP contribution in [0.5, 0.6) is 5.75 Å². The maximum absolute atomic E-state index is 5.93. The van der Waals surface area contributed by atoms with Gasteiger partial charge in [0.1, 0.15) is 5.75 Å². The van der Waals surface area contributed by atoms with Gasteiger partial charge in [-0.05, 0) is 38.1 Å². The molecular weight excluding hydrogens is 248 g/mol. The fourth-order valence-electron chi connectivity index (χ4n) is 2.32. The Morgan fingerprint density at radius 1 is 1.39 bits per heavy atom. The highest BCUT2D eigenvalue weighted by Crippen LogP contribution is 2.25. The number of likely N-dealkylation sites (tertiary alicyclic amines) is 1. The molecule has 1 aliphatic rings. The molecule has 0 bridgehead atoms. The van der Waals surface area contributed by atoms with Crippen molar-refractivity contribution >= 4 is 17.3 Å². The van der Waals surface area contributed by atoms with Crippen molar-refractivity contribution in [2.45, 2.75) is 19.8 Å². The van der Waals surface area contributed by atoms with Crippen LogP contribution >= 0.6 is 11.6 Å². The van der Waals surface area contributed by atoms with Crippen LogP contribution in [-0.4, -0.2) is 31.1 Å². The summed E-state index contributed by atoms with van der Waals surface area (Å²) >= 11 is 5.93. The largest absolute Gasteiger partial charge is 0.491 e.